The number of rotatable bonds is 5. The molecule has 1 aliphatic rings. The van der Waals surface area contributed by atoms with Crippen LogP contribution < -0.4 is 0 Å². The van der Waals surface area contributed by atoms with Crippen molar-refractivity contribution in [2.24, 2.45) is 0 Å². The molecule has 2 heteroatoms. The first-order valence-electron chi connectivity index (χ1n) is 9.69. The lowest BCUT2D eigenvalue weighted by Crippen LogP contribution is -2.04. The summed E-state index contributed by atoms with van der Waals surface area (Å²) in [4.78, 5) is 0. The Morgan fingerprint density at radius 1 is 0.852 bits per heavy atom. The highest BCUT2D eigenvalue weighted by Crippen LogP contribution is 2.39. The standard InChI is InChI=1S/C25H24Cl2/c1-17-5-7-18(8-6-17)9-10-20-3-2-4-21-11-12-22(25(20)21)13-19-14-23(26)16-24(27)15-19/h2-8,14-16,22H,9-13H2,1H3. The van der Waals surface area contributed by atoms with E-state index in [4.69, 9.17) is 23.2 Å². The molecule has 0 saturated heterocycles. The number of hydrogen-bond donors (Lipinski definition) is 0. The van der Waals surface area contributed by atoms with Gasteiger partial charge in [0.25, 0.3) is 0 Å². The van der Waals surface area contributed by atoms with Gasteiger partial charge in [0, 0.05) is 10.0 Å². The molecule has 0 bridgehead atoms. The summed E-state index contributed by atoms with van der Waals surface area (Å²) in [5, 5.41) is 1.45. The van der Waals surface area contributed by atoms with Crippen LogP contribution in [0.25, 0.3) is 0 Å². The fourth-order valence-electron chi connectivity index (χ4n) is 4.35. The molecule has 138 valence electrons. The third-order valence-corrected chi connectivity index (χ3v) is 6.10. The SMILES string of the molecule is Cc1ccc(CCc2cccc3c2C(Cc2cc(Cl)cc(Cl)c2)CC3)cc1. The topological polar surface area (TPSA) is 0 Å². The first-order chi connectivity index (χ1) is 13.1. The van der Waals surface area contributed by atoms with Gasteiger partial charge < -0.3 is 0 Å². The van der Waals surface area contributed by atoms with Crippen LogP contribution in [0.15, 0.2) is 60.7 Å². The fourth-order valence-corrected chi connectivity index (χ4v) is 4.92. The summed E-state index contributed by atoms with van der Waals surface area (Å²) in [5.41, 5.74) is 8.56. The Hall–Kier alpha value is -1.76. The number of halogens is 2. The van der Waals surface area contributed by atoms with Gasteiger partial charge >= 0.3 is 0 Å². The maximum absolute atomic E-state index is 6.21. The molecule has 1 aliphatic carbocycles. The molecule has 1 atom stereocenters. The molecule has 0 spiro atoms. The number of fused-ring (bicyclic) bond motifs is 1. The van der Waals surface area contributed by atoms with Gasteiger partial charge in [-0.25, -0.2) is 0 Å². The Kier molecular flexibility index (Phi) is 5.57. The number of aryl methyl sites for hydroxylation is 4. The highest BCUT2D eigenvalue weighted by atomic mass is 35.5. The summed E-state index contributed by atoms with van der Waals surface area (Å²) in [6.07, 6.45) is 5.58. The molecule has 4 rings (SSSR count). The number of hydrogen-bond acceptors (Lipinski definition) is 0. The van der Waals surface area contributed by atoms with Gasteiger partial charge in [-0.2, -0.15) is 0 Å². The van der Waals surface area contributed by atoms with Crippen molar-refractivity contribution in [3.05, 3.63) is 104 Å². The second-order valence-electron chi connectivity index (χ2n) is 7.69. The normalized spacial score (nSPS) is 15.7. The molecule has 1 unspecified atom stereocenters. The molecule has 0 nitrogen and oxygen atoms in total. The predicted octanol–water partition coefficient (Wildman–Crippen LogP) is 7.36. The molecular formula is C25H24Cl2. The van der Waals surface area contributed by atoms with E-state index in [9.17, 15) is 0 Å². The second-order valence-corrected chi connectivity index (χ2v) is 8.57. The lowest BCUT2D eigenvalue weighted by atomic mass is 9.88. The molecule has 0 amide bonds. The molecular weight excluding hydrogens is 371 g/mol. The molecule has 0 aliphatic heterocycles. The molecule has 0 radical (unpaired) electrons. The zero-order chi connectivity index (χ0) is 18.8. The fraction of sp³-hybridized carbons (Fsp3) is 0.280. The lowest BCUT2D eigenvalue weighted by molar-refractivity contribution is 0.668. The van der Waals surface area contributed by atoms with Crippen molar-refractivity contribution in [3.8, 4) is 0 Å². The van der Waals surface area contributed by atoms with Crippen molar-refractivity contribution in [2.75, 3.05) is 0 Å². The van der Waals surface area contributed by atoms with Crippen molar-refractivity contribution >= 4 is 23.2 Å². The van der Waals surface area contributed by atoms with Crippen molar-refractivity contribution in [1.29, 1.82) is 0 Å². The average Bonchev–Trinajstić information content (AvgIpc) is 3.04. The van der Waals surface area contributed by atoms with E-state index >= 15 is 0 Å². The summed E-state index contributed by atoms with van der Waals surface area (Å²) in [7, 11) is 0. The van der Waals surface area contributed by atoms with E-state index in [1.807, 2.05) is 6.07 Å². The van der Waals surface area contributed by atoms with Gasteiger partial charge in [-0.05, 0) is 91.0 Å². The molecule has 0 heterocycles. The maximum atomic E-state index is 6.21. The van der Waals surface area contributed by atoms with Crippen LogP contribution in [0, 0.1) is 6.92 Å². The van der Waals surface area contributed by atoms with E-state index in [1.165, 1.54) is 40.7 Å². The van der Waals surface area contributed by atoms with Gasteiger partial charge in [0.1, 0.15) is 0 Å². The predicted molar refractivity (Wildman–Crippen MR) is 116 cm³/mol. The monoisotopic (exact) mass is 394 g/mol. The van der Waals surface area contributed by atoms with Gasteiger partial charge in [-0.3, -0.25) is 0 Å². The minimum atomic E-state index is 0.559. The summed E-state index contributed by atoms with van der Waals surface area (Å²) < 4.78 is 0. The van der Waals surface area contributed by atoms with Crippen molar-refractivity contribution in [2.45, 2.75) is 44.9 Å². The van der Waals surface area contributed by atoms with Crippen LogP contribution in [0.3, 0.4) is 0 Å². The lowest BCUT2D eigenvalue weighted by Gasteiger charge is -2.17. The van der Waals surface area contributed by atoms with E-state index in [2.05, 4.69) is 61.5 Å². The molecule has 3 aromatic rings. The van der Waals surface area contributed by atoms with Gasteiger partial charge in [-0.15, -0.1) is 0 Å². The van der Waals surface area contributed by atoms with Gasteiger partial charge in [0.2, 0.25) is 0 Å². The van der Waals surface area contributed by atoms with E-state index < -0.39 is 0 Å². The van der Waals surface area contributed by atoms with Crippen LogP contribution in [-0.4, -0.2) is 0 Å². The smallest absolute Gasteiger partial charge is 0.0423 e. The Morgan fingerprint density at radius 2 is 1.59 bits per heavy atom. The van der Waals surface area contributed by atoms with Crippen LogP contribution in [0.4, 0.5) is 0 Å². The summed E-state index contributed by atoms with van der Waals surface area (Å²) in [5.74, 6) is 0.559. The zero-order valence-electron chi connectivity index (χ0n) is 15.6. The molecule has 0 aromatic heterocycles. The van der Waals surface area contributed by atoms with Gasteiger partial charge in [-0.1, -0.05) is 71.2 Å². The Morgan fingerprint density at radius 3 is 2.33 bits per heavy atom. The Labute approximate surface area is 172 Å². The van der Waals surface area contributed by atoms with Gasteiger partial charge in [0.15, 0.2) is 0 Å². The van der Waals surface area contributed by atoms with Crippen LogP contribution in [0.2, 0.25) is 10.0 Å². The Balaban J connectivity index is 1.55. The van der Waals surface area contributed by atoms with Crippen LogP contribution in [0.5, 0.6) is 0 Å². The van der Waals surface area contributed by atoms with Crippen molar-refractivity contribution in [1.82, 2.24) is 0 Å². The zero-order valence-corrected chi connectivity index (χ0v) is 17.2. The van der Waals surface area contributed by atoms with Crippen LogP contribution in [0.1, 0.15) is 45.7 Å². The quantitative estimate of drug-likeness (QED) is 0.423. The van der Waals surface area contributed by atoms with E-state index in [0.29, 0.717) is 5.92 Å². The van der Waals surface area contributed by atoms with Gasteiger partial charge in [0.05, 0.1) is 0 Å². The first-order valence-corrected chi connectivity index (χ1v) is 10.5. The maximum Gasteiger partial charge on any atom is 0.0423 e. The van der Waals surface area contributed by atoms with E-state index in [-0.39, 0.29) is 0 Å². The van der Waals surface area contributed by atoms with Crippen molar-refractivity contribution in [3.63, 3.8) is 0 Å². The highest BCUT2D eigenvalue weighted by Gasteiger charge is 2.25. The average molecular weight is 395 g/mol. The molecule has 0 fully saturated rings. The first kappa shape index (κ1) is 18.6. The Bertz CT molecular complexity index is 921. The molecule has 27 heavy (non-hydrogen) atoms. The van der Waals surface area contributed by atoms with E-state index in [1.54, 1.807) is 5.56 Å². The summed E-state index contributed by atoms with van der Waals surface area (Å²) in [6.45, 7) is 2.14. The second kappa shape index (κ2) is 8.09. The third kappa shape index (κ3) is 4.39. The number of benzene rings is 3. The third-order valence-electron chi connectivity index (χ3n) is 5.67. The minimum absolute atomic E-state index is 0.559. The van der Waals surface area contributed by atoms with Crippen molar-refractivity contribution < 1.29 is 0 Å². The molecule has 0 saturated carbocycles. The van der Waals surface area contributed by atoms with E-state index in [0.717, 1.165) is 29.3 Å². The molecule has 0 N–H and O–H groups in total. The highest BCUT2D eigenvalue weighted by molar-refractivity contribution is 6.34. The largest absolute Gasteiger partial charge is 0.0843 e. The minimum Gasteiger partial charge on any atom is -0.0843 e. The summed E-state index contributed by atoms with van der Waals surface area (Å²) >= 11 is 12.4. The molecule has 3 aromatic carbocycles. The van der Waals surface area contributed by atoms with Crippen LogP contribution in [-0.2, 0) is 25.7 Å². The van der Waals surface area contributed by atoms with Crippen LogP contribution >= 0.6 is 23.2 Å². The summed E-state index contributed by atoms with van der Waals surface area (Å²) in [6, 6.07) is 21.7.